The van der Waals surface area contributed by atoms with Crippen LogP contribution >= 0.6 is 0 Å². The summed E-state index contributed by atoms with van der Waals surface area (Å²) >= 11 is 0. The summed E-state index contributed by atoms with van der Waals surface area (Å²) in [5.74, 6) is -0.731. The molecule has 0 aliphatic rings. The lowest BCUT2D eigenvalue weighted by Crippen LogP contribution is -2.38. The standard InChI is InChI=1S/C10H12F3NO3/c11-10(12,13)9(14)4-8(17)6-2-1-5(15)3-7(6)16/h1-3,8-9,15-17H,4,14H2/t8-,9-/m1/s1. The smallest absolute Gasteiger partial charge is 0.403 e. The zero-order chi connectivity index (χ0) is 13.2. The van der Waals surface area contributed by atoms with Crippen molar-refractivity contribution in [3.8, 4) is 11.5 Å². The van der Waals surface area contributed by atoms with E-state index in [4.69, 9.17) is 10.8 Å². The number of aliphatic hydroxyl groups is 1. The van der Waals surface area contributed by atoms with Gasteiger partial charge in [0.1, 0.15) is 17.5 Å². The molecule has 96 valence electrons. The molecule has 0 saturated carbocycles. The van der Waals surface area contributed by atoms with Crippen molar-refractivity contribution in [1.29, 1.82) is 0 Å². The van der Waals surface area contributed by atoms with E-state index in [1.807, 2.05) is 0 Å². The number of halogens is 3. The second-order valence-corrected chi connectivity index (χ2v) is 3.64. The molecular weight excluding hydrogens is 239 g/mol. The van der Waals surface area contributed by atoms with E-state index in [1.54, 1.807) is 0 Å². The number of phenolic OH excluding ortho intramolecular Hbond substituents is 2. The lowest BCUT2D eigenvalue weighted by Gasteiger charge is -2.19. The SMILES string of the molecule is N[C@H](C[C@@H](O)c1ccc(O)cc1O)C(F)(F)F. The van der Waals surface area contributed by atoms with E-state index in [-0.39, 0.29) is 11.3 Å². The van der Waals surface area contributed by atoms with Gasteiger partial charge in [0.2, 0.25) is 0 Å². The summed E-state index contributed by atoms with van der Waals surface area (Å²) in [6.07, 6.45) is -6.91. The van der Waals surface area contributed by atoms with Gasteiger partial charge in [-0.15, -0.1) is 0 Å². The largest absolute Gasteiger partial charge is 0.508 e. The van der Waals surface area contributed by atoms with Gasteiger partial charge >= 0.3 is 6.18 Å². The first-order valence-electron chi connectivity index (χ1n) is 4.74. The van der Waals surface area contributed by atoms with Crippen molar-refractivity contribution in [1.82, 2.24) is 0 Å². The Kier molecular flexibility index (Phi) is 3.84. The molecule has 0 spiro atoms. The highest BCUT2D eigenvalue weighted by Crippen LogP contribution is 2.32. The summed E-state index contributed by atoms with van der Waals surface area (Å²) < 4.78 is 36.5. The second kappa shape index (κ2) is 4.80. The van der Waals surface area contributed by atoms with Gasteiger partial charge in [-0.1, -0.05) is 0 Å². The summed E-state index contributed by atoms with van der Waals surface area (Å²) in [6, 6.07) is 1.04. The molecule has 0 unspecified atom stereocenters. The molecule has 1 aromatic rings. The van der Waals surface area contributed by atoms with Crippen LogP contribution < -0.4 is 5.73 Å². The van der Waals surface area contributed by atoms with Gasteiger partial charge in [0.15, 0.2) is 0 Å². The minimum atomic E-state index is -4.60. The average molecular weight is 251 g/mol. The van der Waals surface area contributed by atoms with Crippen LogP contribution in [0.5, 0.6) is 11.5 Å². The van der Waals surface area contributed by atoms with E-state index in [1.165, 1.54) is 0 Å². The molecule has 1 aromatic carbocycles. The van der Waals surface area contributed by atoms with Gasteiger partial charge < -0.3 is 21.1 Å². The fraction of sp³-hybridized carbons (Fsp3) is 0.400. The molecule has 1 rings (SSSR count). The number of hydrogen-bond donors (Lipinski definition) is 4. The predicted octanol–water partition coefficient (Wildman–Crippen LogP) is 1.41. The first kappa shape index (κ1) is 13.6. The molecule has 0 amide bonds. The summed E-state index contributed by atoms with van der Waals surface area (Å²) in [6.45, 7) is 0. The van der Waals surface area contributed by atoms with Crippen molar-refractivity contribution in [3.63, 3.8) is 0 Å². The van der Waals surface area contributed by atoms with Gasteiger partial charge in [0.25, 0.3) is 0 Å². The monoisotopic (exact) mass is 251 g/mol. The molecule has 0 aliphatic heterocycles. The molecule has 17 heavy (non-hydrogen) atoms. The zero-order valence-corrected chi connectivity index (χ0v) is 8.65. The Morgan fingerprint density at radius 2 is 1.82 bits per heavy atom. The van der Waals surface area contributed by atoms with Crippen molar-refractivity contribution in [2.75, 3.05) is 0 Å². The number of aliphatic hydroxyl groups excluding tert-OH is 1. The van der Waals surface area contributed by atoms with Crippen molar-refractivity contribution in [3.05, 3.63) is 23.8 Å². The Balaban J connectivity index is 2.80. The minimum absolute atomic E-state index is 0.109. The summed E-state index contributed by atoms with van der Waals surface area (Å²) in [4.78, 5) is 0. The third-order valence-electron chi connectivity index (χ3n) is 2.27. The molecular formula is C10H12F3NO3. The molecule has 0 aromatic heterocycles. The van der Waals surface area contributed by atoms with Crippen LogP contribution in [0.2, 0.25) is 0 Å². The molecule has 0 aliphatic carbocycles. The van der Waals surface area contributed by atoms with Gasteiger partial charge in [-0.25, -0.2) is 0 Å². The van der Waals surface area contributed by atoms with Crippen LogP contribution in [0.25, 0.3) is 0 Å². The van der Waals surface area contributed by atoms with E-state index in [9.17, 15) is 23.4 Å². The van der Waals surface area contributed by atoms with E-state index in [2.05, 4.69) is 0 Å². The van der Waals surface area contributed by atoms with Crippen molar-refractivity contribution in [2.24, 2.45) is 5.73 Å². The van der Waals surface area contributed by atoms with Gasteiger partial charge in [0, 0.05) is 18.1 Å². The number of aromatic hydroxyl groups is 2. The molecule has 7 heteroatoms. The predicted molar refractivity (Wildman–Crippen MR) is 53.4 cm³/mol. The molecule has 4 nitrogen and oxygen atoms in total. The molecule has 0 bridgehead atoms. The number of phenols is 2. The number of hydrogen-bond acceptors (Lipinski definition) is 4. The molecule has 0 radical (unpaired) electrons. The number of nitrogens with two attached hydrogens (primary N) is 1. The molecule has 2 atom stereocenters. The van der Waals surface area contributed by atoms with Crippen LogP contribution in [-0.4, -0.2) is 27.5 Å². The second-order valence-electron chi connectivity index (χ2n) is 3.64. The minimum Gasteiger partial charge on any atom is -0.508 e. The Morgan fingerprint density at radius 1 is 1.24 bits per heavy atom. The van der Waals surface area contributed by atoms with Crippen LogP contribution in [0.1, 0.15) is 18.1 Å². The third-order valence-corrected chi connectivity index (χ3v) is 2.27. The highest BCUT2D eigenvalue weighted by atomic mass is 19.4. The maximum absolute atomic E-state index is 12.2. The topological polar surface area (TPSA) is 86.7 Å². The zero-order valence-electron chi connectivity index (χ0n) is 8.65. The summed E-state index contributed by atoms with van der Waals surface area (Å²) in [7, 11) is 0. The first-order chi connectivity index (χ1) is 7.71. The Bertz CT molecular complexity index is 395. The van der Waals surface area contributed by atoms with Crippen LogP contribution in [0.4, 0.5) is 13.2 Å². The highest BCUT2D eigenvalue weighted by Gasteiger charge is 2.38. The van der Waals surface area contributed by atoms with Gasteiger partial charge in [-0.3, -0.25) is 0 Å². The maximum Gasteiger partial charge on any atom is 0.403 e. The van der Waals surface area contributed by atoms with Gasteiger partial charge in [-0.05, 0) is 12.1 Å². The summed E-state index contributed by atoms with van der Waals surface area (Å²) in [5.41, 5.74) is 4.74. The van der Waals surface area contributed by atoms with E-state index >= 15 is 0 Å². The van der Waals surface area contributed by atoms with Crippen molar-refractivity contribution in [2.45, 2.75) is 24.7 Å². The van der Waals surface area contributed by atoms with Crippen molar-refractivity contribution < 1.29 is 28.5 Å². The van der Waals surface area contributed by atoms with Gasteiger partial charge in [-0.2, -0.15) is 13.2 Å². The Morgan fingerprint density at radius 3 is 2.29 bits per heavy atom. The lowest BCUT2D eigenvalue weighted by atomic mass is 10.0. The Labute approximate surface area is 95.1 Å². The lowest BCUT2D eigenvalue weighted by molar-refractivity contribution is -0.153. The van der Waals surface area contributed by atoms with Crippen LogP contribution in [0.3, 0.4) is 0 Å². The van der Waals surface area contributed by atoms with E-state index < -0.39 is 30.5 Å². The molecule has 0 fully saturated rings. The molecule has 0 heterocycles. The fourth-order valence-electron chi connectivity index (χ4n) is 1.31. The summed E-state index contributed by atoms with van der Waals surface area (Å²) in [5, 5.41) is 27.8. The van der Waals surface area contributed by atoms with Gasteiger partial charge in [0.05, 0.1) is 6.10 Å². The van der Waals surface area contributed by atoms with Crippen LogP contribution in [0, 0.1) is 0 Å². The van der Waals surface area contributed by atoms with E-state index in [0.717, 1.165) is 18.2 Å². The Hall–Kier alpha value is -1.47. The number of benzene rings is 1. The maximum atomic E-state index is 12.2. The van der Waals surface area contributed by atoms with Crippen LogP contribution in [0.15, 0.2) is 18.2 Å². The molecule has 0 saturated heterocycles. The van der Waals surface area contributed by atoms with E-state index in [0.29, 0.717) is 0 Å². The highest BCUT2D eigenvalue weighted by molar-refractivity contribution is 5.40. The van der Waals surface area contributed by atoms with Crippen LogP contribution in [-0.2, 0) is 0 Å². The number of rotatable bonds is 3. The normalized spacial score (nSPS) is 15.6. The fourth-order valence-corrected chi connectivity index (χ4v) is 1.31. The van der Waals surface area contributed by atoms with Crippen molar-refractivity contribution >= 4 is 0 Å². The quantitative estimate of drug-likeness (QED) is 0.654. The first-order valence-corrected chi connectivity index (χ1v) is 4.74. The third kappa shape index (κ3) is 3.50. The average Bonchev–Trinajstić information content (AvgIpc) is 2.15. The molecule has 5 N–H and O–H groups in total. The number of alkyl halides is 3.